The van der Waals surface area contributed by atoms with Crippen LogP contribution in [-0.4, -0.2) is 81.2 Å². The summed E-state index contributed by atoms with van der Waals surface area (Å²) in [6, 6.07) is 7.24. The monoisotopic (exact) mass is 593 g/mol. The number of piperazine rings is 1. The molecule has 0 unspecified atom stereocenters. The van der Waals surface area contributed by atoms with Crippen LogP contribution in [0.4, 0.5) is 10.6 Å². The number of carbonyl (C=O) groups is 2. The number of fused-ring (bicyclic) bond motifs is 1. The van der Waals surface area contributed by atoms with Crippen molar-refractivity contribution < 1.29 is 19.4 Å². The standard InChI is InChI=1S/C32H40ClN5O4/c1-20-18-23(39)26-24(20)28(35-19-34-26)36-14-16-37(17-15-36)29(40)25(21-6-8-22(33)9-7-21)27-32(10-5-11-32)12-13-38(27)30(41)42-31(2,3)4/h6-9,18-20,25,27,39H,5,10-17H2,1-4H3/t20-,25+,27-/m1/s1. The van der Waals surface area contributed by atoms with Crippen LogP contribution >= 0.6 is 11.6 Å². The van der Waals surface area contributed by atoms with E-state index in [1.54, 1.807) is 6.08 Å². The molecule has 6 rings (SSSR count). The number of aromatic nitrogens is 2. The lowest BCUT2D eigenvalue weighted by Crippen LogP contribution is -2.57. The molecule has 0 bridgehead atoms. The van der Waals surface area contributed by atoms with Gasteiger partial charge in [-0.1, -0.05) is 37.1 Å². The third-order valence-corrected chi connectivity index (χ3v) is 9.71. The van der Waals surface area contributed by atoms with Gasteiger partial charge in [-0.3, -0.25) is 4.79 Å². The van der Waals surface area contributed by atoms with Gasteiger partial charge in [0.25, 0.3) is 0 Å². The fourth-order valence-electron chi connectivity index (χ4n) is 7.32. The van der Waals surface area contributed by atoms with Gasteiger partial charge in [0.15, 0.2) is 0 Å². The number of amides is 2. The van der Waals surface area contributed by atoms with Crippen molar-refractivity contribution in [2.45, 2.75) is 76.9 Å². The summed E-state index contributed by atoms with van der Waals surface area (Å²) in [5, 5.41) is 10.9. The van der Waals surface area contributed by atoms with Gasteiger partial charge < -0.3 is 24.5 Å². The van der Waals surface area contributed by atoms with Crippen LogP contribution in [0, 0.1) is 5.41 Å². The molecule has 1 spiro atoms. The van der Waals surface area contributed by atoms with Gasteiger partial charge in [0.2, 0.25) is 5.91 Å². The molecule has 3 atom stereocenters. The second-order valence-corrected chi connectivity index (χ2v) is 13.7. The highest BCUT2D eigenvalue weighted by molar-refractivity contribution is 6.30. The predicted molar refractivity (Wildman–Crippen MR) is 162 cm³/mol. The van der Waals surface area contributed by atoms with Gasteiger partial charge in [0.05, 0.1) is 12.0 Å². The average molecular weight is 594 g/mol. The lowest BCUT2D eigenvalue weighted by molar-refractivity contribution is -0.136. The van der Waals surface area contributed by atoms with Gasteiger partial charge in [-0.05, 0) is 69.2 Å². The minimum absolute atomic E-state index is 0.0185. The zero-order valence-corrected chi connectivity index (χ0v) is 25.6. The molecule has 2 aliphatic carbocycles. The van der Waals surface area contributed by atoms with Gasteiger partial charge in [-0.15, -0.1) is 0 Å². The topological polar surface area (TPSA) is 99.1 Å². The molecule has 1 aromatic carbocycles. The highest BCUT2D eigenvalue weighted by atomic mass is 35.5. The fraction of sp³-hybridized carbons (Fsp3) is 0.562. The Hall–Kier alpha value is -3.33. The van der Waals surface area contributed by atoms with E-state index in [1.807, 2.05) is 61.8 Å². The van der Waals surface area contributed by atoms with E-state index in [-0.39, 0.29) is 35.1 Å². The van der Waals surface area contributed by atoms with E-state index in [9.17, 15) is 14.7 Å². The number of aliphatic hydroxyl groups is 1. The third kappa shape index (κ3) is 5.10. The van der Waals surface area contributed by atoms with Gasteiger partial charge >= 0.3 is 6.09 Å². The van der Waals surface area contributed by atoms with Crippen molar-refractivity contribution in [3.05, 3.63) is 58.5 Å². The molecular formula is C32H40ClN5O4. The maximum atomic E-state index is 14.6. The van der Waals surface area contributed by atoms with E-state index in [0.717, 1.165) is 42.6 Å². The van der Waals surface area contributed by atoms with Gasteiger partial charge in [-0.25, -0.2) is 14.8 Å². The molecule has 2 aromatic rings. The Labute approximate surface area is 252 Å². The number of likely N-dealkylation sites (tertiary alicyclic amines) is 1. The Morgan fingerprint density at radius 3 is 2.36 bits per heavy atom. The number of hydrogen-bond acceptors (Lipinski definition) is 7. The van der Waals surface area contributed by atoms with Gasteiger partial charge in [0.1, 0.15) is 29.2 Å². The summed E-state index contributed by atoms with van der Waals surface area (Å²) in [6.07, 6.45) is 6.92. The summed E-state index contributed by atoms with van der Waals surface area (Å²) in [7, 11) is 0. The minimum Gasteiger partial charge on any atom is -0.506 e. The number of benzene rings is 1. The van der Waals surface area contributed by atoms with Crippen molar-refractivity contribution in [2.75, 3.05) is 37.6 Å². The highest BCUT2D eigenvalue weighted by Gasteiger charge is 2.58. The number of nitrogens with zero attached hydrogens (tertiary/aromatic N) is 5. The predicted octanol–water partition coefficient (Wildman–Crippen LogP) is 5.76. The SMILES string of the molecule is C[C@@H]1C=C(O)c2ncnc(N3CCN(C(=O)[C@@H](c4ccc(Cl)cc4)[C@H]4N(C(=O)OC(C)(C)C)CCC45CCC5)CC3)c21. The van der Waals surface area contributed by atoms with Gasteiger partial charge in [0, 0.05) is 49.2 Å². The quantitative estimate of drug-likeness (QED) is 0.481. The molecule has 9 nitrogen and oxygen atoms in total. The molecule has 3 heterocycles. The molecule has 224 valence electrons. The third-order valence-electron chi connectivity index (χ3n) is 9.46. The van der Waals surface area contributed by atoms with E-state index in [4.69, 9.17) is 16.3 Å². The molecule has 0 radical (unpaired) electrons. The van der Waals surface area contributed by atoms with E-state index < -0.39 is 11.5 Å². The number of anilines is 1. The molecule has 4 aliphatic rings. The number of carbonyl (C=O) groups excluding carboxylic acids is 2. The molecule has 1 saturated carbocycles. The number of ether oxygens (including phenoxy) is 1. The van der Waals surface area contributed by atoms with E-state index in [2.05, 4.69) is 14.9 Å². The minimum atomic E-state index is -0.627. The van der Waals surface area contributed by atoms with E-state index in [0.29, 0.717) is 43.4 Å². The van der Waals surface area contributed by atoms with Crippen LogP contribution in [0.25, 0.3) is 5.76 Å². The molecule has 1 N–H and O–H groups in total. The maximum Gasteiger partial charge on any atom is 0.410 e. The number of hydrogen-bond donors (Lipinski definition) is 1. The molecule has 10 heteroatoms. The van der Waals surface area contributed by atoms with Crippen LogP contribution < -0.4 is 4.90 Å². The molecule has 42 heavy (non-hydrogen) atoms. The lowest BCUT2D eigenvalue weighted by Gasteiger charge is -2.49. The van der Waals surface area contributed by atoms with Crippen LogP contribution in [0.1, 0.15) is 82.0 Å². The first-order valence-corrected chi connectivity index (χ1v) is 15.4. The van der Waals surface area contributed by atoms with Crippen molar-refractivity contribution in [1.82, 2.24) is 19.8 Å². The normalized spacial score (nSPS) is 23.8. The zero-order chi connectivity index (χ0) is 29.8. The second-order valence-electron chi connectivity index (χ2n) is 13.2. The Morgan fingerprint density at radius 1 is 1.05 bits per heavy atom. The molecular weight excluding hydrogens is 554 g/mol. The van der Waals surface area contributed by atoms with E-state index in [1.165, 1.54) is 6.33 Å². The average Bonchev–Trinajstić information content (AvgIpc) is 3.47. The zero-order valence-electron chi connectivity index (χ0n) is 24.8. The summed E-state index contributed by atoms with van der Waals surface area (Å²) in [6.45, 7) is 10.5. The Morgan fingerprint density at radius 2 is 1.74 bits per heavy atom. The number of halogens is 1. The molecule has 2 aliphatic heterocycles. The Balaban J connectivity index is 1.28. The number of rotatable bonds is 4. The van der Waals surface area contributed by atoms with Crippen LogP contribution in [0.2, 0.25) is 5.02 Å². The number of allylic oxidation sites excluding steroid dienone is 1. The first-order valence-electron chi connectivity index (χ1n) is 15.0. The van der Waals surface area contributed by atoms with Crippen molar-refractivity contribution in [1.29, 1.82) is 0 Å². The summed E-state index contributed by atoms with van der Waals surface area (Å²) in [5.41, 5.74) is 1.68. The summed E-state index contributed by atoms with van der Waals surface area (Å²) in [4.78, 5) is 43.0. The van der Waals surface area contributed by atoms with Crippen LogP contribution in [0.3, 0.4) is 0 Å². The Bertz CT molecular complexity index is 1390. The molecule has 3 fully saturated rings. The van der Waals surface area contributed by atoms with Gasteiger partial charge in [-0.2, -0.15) is 0 Å². The maximum absolute atomic E-state index is 14.6. The fourth-order valence-corrected chi connectivity index (χ4v) is 7.45. The smallest absolute Gasteiger partial charge is 0.410 e. The summed E-state index contributed by atoms with van der Waals surface area (Å²) >= 11 is 6.27. The number of aliphatic hydroxyl groups excluding tert-OH is 1. The second kappa shape index (κ2) is 10.7. The first-order chi connectivity index (χ1) is 20.0. The highest BCUT2D eigenvalue weighted by Crippen LogP contribution is 2.56. The van der Waals surface area contributed by atoms with Crippen molar-refractivity contribution >= 4 is 35.2 Å². The van der Waals surface area contributed by atoms with Crippen molar-refractivity contribution in [3.63, 3.8) is 0 Å². The summed E-state index contributed by atoms with van der Waals surface area (Å²) in [5.74, 6) is 0.536. The summed E-state index contributed by atoms with van der Waals surface area (Å²) < 4.78 is 5.86. The first kappa shape index (κ1) is 28.8. The lowest BCUT2D eigenvalue weighted by atomic mass is 9.60. The van der Waals surface area contributed by atoms with E-state index >= 15 is 0 Å². The molecule has 2 saturated heterocycles. The van der Waals surface area contributed by atoms with Crippen molar-refractivity contribution in [2.24, 2.45) is 5.41 Å². The largest absolute Gasteiger partial charge is 0.506 e. The van der Waals surface area contributed by atoms with Crippen LogP contribution in [0.15, 0.2) is 36.7 Å². The van der Waals surface area contributed by atoms with Crippen molar-refractivity contribution in [3.8, 4) is 0 Å². The Kier molecular flexibility index (Phi) is 7.36. The molecule has 2 amide bonds. The van der Waals surface area contributed by atoms with Crippen LogP contribution in [-0.2, 0) is 9.53 Å². The molecule has 1 aromatic heterocycles. The van der Waals surface area contributed by atoms with Crippen LogP contribution in [0.5, 0.6) is 0 Å².